The second kappa shape index (κ2) is 9.47. The Hall–Kier alpha value is -3.28. The first kappa shape index (κ1) is 21.9. The van der Waals surface area contributed by atoms with Gasteiger partial charge in [0.25, 0.3) is 0 Å². The van der Waals surface area contributed by atoms with Crippen molar-refractivity contribution in [3.05, 3.63) is 65.4 Å². The molecule has 6 heteroatoms. The number of amides is 2. The van der Waals surface area contributed by atoms with Gasteiger partial charge in [-0.15, -0.1) is 0 Å². The second-order valence-electron chi connectivity index (χ2n) is 8.35. The summed E-state index contributed by atoms with van der Waals surface area (Å²) in [7, 11) is 1.66. The fraction of sp³-hybridized carbons (Fsp3) is 0.385. The molecule has 1 saturated heterocycles. The predicted molar refractivity (Wildman–Crippen MR) is 126 cm³/mol. The molecule has 0 aliphatic carbocycles. The van der Waals surface area contributed by atoms with E-state index in [4.69, 9.17) is 4.74 Å². The summed E-state index contributed by atoms with van der Waals surface area (Å²) < 4.78 is 5.33. The zero-order valence-electron chi connectivity index (χ0n) is 19.1. The van der Waals surface area contributed by atoms with Crippen LogP contribution in [0.3, 0.4) is 0 Å². The average Bonchev–Trinajstić information content (AvgIpc) is 3.26. The second-order valence-corrected chi connectivity index (χ2v) is 8.35. The Bertz CT molecular complexity index is 1100. The Kier molecular flexibility index (Phi) is 6.49. The summed E-state index contributed by atoms with van der Waals surface area (Å²) in [6.07, 6.45) is 3.39. The highest BCUT2D eigenvalue weighted by Crippen LogP contribution is 2.35. The van der Waals surface area contributed by atoms with Crippen molar-refractivity contribution in [3.63, 3.8) is 0 Å². The van der Waals surface area contributed by atoms with E-state index < -0.39 is 0 Å². The van der Waals surface area contributed by atoms with Gasteiger partial charge in [0.05, 0.1) is 7.11 Å². The number of para-hydroxylation sites is 1. The number of hydrogen-bond acceptors (Lipinski definition) is 3. The van der Waals surface area contributed by atoms with Crippen LogP contribution in [0.5, 0.6) is 5.75 Å². The van der Waals surface area contributed by atoms with Crippen LogP contribution in [0.15, 0.2) is 48.7 Å². The molecule has 168 valence electrons. The molecule has 4 rings (SSSR count). The number of hydrogen-bond donors (Lipinski definition) is 1. The lowest BCUT2D eigenvalue weighted by atomic mass is 9.87. The van der Waals surface area contributed by atoms with Gasteiger partial charge in [-0.1, -0.05) is 37.3 Å². The third kappa shape index (κ3) is 4.35. The van der Waals surface area contributed by atoms with Gasteiger partial charge < -0.3 is 19.5 Å². The molecule has 1 N–H and O–H groups in total. The van der Waals surface area contributed by atoms with Crippen LogP contribution in [0.25, 0.3) is 10.9 Å². The van der Waals surface area contributed by atoms with Gasteiger partial charge in [-0.25, -0.2) is 0 Å². The van der Waals surface area contributed by atoms with Crippen molar-refractivity contribution >= 4 is 22.7 Å². The minimum atomic E-state index is -0.0694. The van der Waals surface area contributed by atoms with Crippen molar-refractivity contribution < 1.29 is 14.3 Å². The number of fused-ring (bicyclic) bond motifs is 1. The standard InChI is InChI=1S/C26H31N3O3/c1-4-19-6-5-7-22-24(17-27-26(19)22)23(20-8-10-21(32-3)11-9-20)16-25(31)29-14-12-28(13-15-29)18(2)30/h5-11,17,23,27H,4,12-16H2,1-3H3/t23-/m1/s1. The molecule has 1 atom stereocenters. The van der Waals surface area contributed by atoms with Gasteiger partial charge in [-0.05, 0) is 35.2 Å². The number of nitrogens with one attached hydrogen (secondary N) is 1. The van der Waals surface area contributed by atoms with E-state index in [9.17, 15) is 9.59 Å². The first-order valence-corrected chi connectivity index (χ1v) is 11.3. The number of H-pyrrole nitrogens is 1. The van der Waals surface area contributed by atoms with Crippen LogP contribution >= 0.6 is 0 Å². The lowest BCUT2D eigenvalue weighted by Gasteiger charge is -2.35. The van der Waals surface area contributed by atoms with E-state index in [1.807, 2.05) is 29.2 Å². The molecular weight excluding hydrogens is 402 g/mol. The highest BCUT2D eigenvalue weighted by Gasteiger charge is 2.27. The Morgan fingerprint density at radius 1 is 1.03 bits per heavy atom. The Morgan fingerprint density at radius 3 is 2.34 bits per heavy atom. The van der Waals surface area contributed by atoms with E-state index in [1.54, 1.807) is 18.9 Å². The fourth-order valence-electron chi connectivity index (χ4n) is 4.64. The maximum absolute atomic E-state index is 13.3. The zero-order valence-corrected chi connectivity index (χ0v) is 19.1. The maximum Gasteiger partial charge on any atom is 0.223 e. The minimum absolute atomic E-state index is 0.0683. The van der Waals surface area contributed by atoms with Gasteiger partial charge in [0.2, 0.25) is 11.8 Å². The molecule has 2 amide bonds. The average molecular weight is 434 g/mol. The van der Waals surface area contributed by atoms with Crippen molar-refractivity contribution in [2.24, 2.45) is 0 Å². The smallest absolute Gasteiger partial charge is 0.223 e. The van der Waals surface area contributed by atoms with Crippen molar-refractivity contribution in [2.75, 3.05) is 33.3 Å². The van der Waals surface area contributed by atoms with Crippen LogP contribution in [0.1, 0.15) is 42.9 Å². The van der Waals surface area contributed by atoms with Crippen LogP contribution in [-0.4, -0.2) is 59.9 Å². The molecule has 2 aromatic carbocycles. The summed E-state index contributed by atoms with van der Waals surface area (Å²) in [5.74, 6) is 0.917. The molecule has 3 aromatic rings. The Labute approximate surface area is 189 Å². The van der Waals surface area contributed by atoms with Gasteiger partial charge in [0.1, 0.15) is 5.75 Å². The minimum Gasteiger partial charge on any atom is -0.497 e. The van der Waals surface area contributed by atoms with Crippen LogP contribution in [-0.2, 0) is 16.0 Å². The molecule has 0 saturated carbocycles. The molecule has 0 bridgehead atoms. The highest BCUT2D eigenvalue weighted by molar-refractivity contribution is 5.88. The predicted octanol–water partition coefficient (Wildman–Crippen LogP) is 3.95. The van der Waals surface area contributed by atoms with E-state index >= 15 is 0 Å². The Balaban J connectivity index is 1.65. The topological polar surface area (TPSA) is 65.6 Å². The summed E-state index contributed by atoms with van der Waals surface area (Å²) in [5, 5.41) is 1.17. The molecule has 6 nitrogen and oxygen atoms in total. The molecule has 2 heterocycles. The van der Waals surface area contributed by atoms with Gasteiger partial charge >= 0.3 is 0 Å². The molecule has 1 aliphatic rings. The lowest BCUT2D eigenvalue weighted by molar-refractivity contribution is -0.138. The number of carbonyl (C=O) groups is 2. The van der Waals surface area contributed by atoms with Gasteiger partial charge in [-0.2, -0.15) is 0 Å². The SMILES string of the molecule is CCc1cccc2c([C@H](CC(=O)N3CCN(C(C)=O)CC3)c3ccc(OC)cc3)c[nH]c12. The third-order valence-electron chi connectivity index (χ3n) is 6.56. The summed E-state index contributed by atoms with van der Waals surface area (Å²) in [4.78, 5) is 32.1. The monoisotopic (exact) mass is 433 g/mol. The van der Waals surface area contributed by atoms with Gasteiger partial charge in [0.15, 0.2) is 0 Å². The number of piperazine rings is 1. The van der Waals surface area contributed by atoms with Gasteiger partial charge in [-0.3, -0.25) is 9.59 Å². The molecule has 0 unspecified atom stereocenters. The van der Waals surface area contributed by atoms with Crippen LogP contribution in [0.2, 0.25) is 0 Å². The summed E-state index contributed by atoms with van der Waals surface area (Å²) in [5.41, 5.74) is 4.64. The number of aromatic nitrogens is 1. The van der Waals surface area contributed by atoms with E-state index in [1.165, 1.54) is 10.9 Å². The number of methoxy groups -OCH3 is 1. The summed E-state index contributed by atoms with van der Waals surface area (Å²) in [6, 6.07) is 14.4. The lowest BCUT2D eigenvalue weighted by Crippen LogP contribution is -2.50. The van der Waals surface area contributed by atoms with E-state index in [-0.39, 0.29) is 17.7 Å². The van der Waals surface area contributed by atoms with Crippen molar-refractivity contribution in [3.8, 4) is 5.75 Å². The molecule has 0 radical (unpaired) electrons. The summed E-state index contributed by atoms with van der Waals surface area (Å²) >= 11 is 0. The summed E-state index contributed by atoms with van der Waals surface area (Å²) in [6.45, 7) is 6.10. The first-order chi connectivity index (χ1) is 15.5. The van der Waals surface area contributed by atoms with Crippen molar-refractivity contribution in [1.29, 1.82) is 0 Å². The fourth-order valence-corrected chi connectivity index (χ4v) is 4.64. The molecule has 1 aromatic heterocycles. The zero-order chi connectivity index (χ0) is 22.7. The first-order valence-electron chi connectivity index (χ1n) is 11.3. The maximum atomic E-state index is 13.3. The van der Waals surface area contributed by atoms with Crippen molar-refractivity contribution in [2.45, 2.75) is 32.6 Å². The number of nitrogens with zero attached hydrogens (tertiary/aromatic N) is 2. The van der Waals surface area contributed by atoms with Crippen LogP contribution in [0, 0.1) is 0 Å². The van der Waals surface area contributed by atoms with E-state index in [0.29, 0.717) is 32.6 Å². The quantitative estimate of drug-likeness (QED) is 0.640. The number of benzene rings is 2. The Morgan fingerprint density at radius 2 is 1.72 bits per heavy atom. The number of ether oxygens (including phenoxy) is 1. The van der Waals surface area contributed by atoms with Crippen LogP contribution < -0.4 is 4.74 Å². The molecule has 1 fully saturated rings. The number of carbonyl (C=O) groups excluding carboxylic acids is 2. The van der Waals surface area contributed by atoms with E-state index in [0.717, 1.165) is 28.8 Å². The van der Waals surface area contributed by atoms with Crippen LogP contribution in [0.4, 0.5) is 0 Å². The highest BCUT2D eigenvalue weighted by atomic mass is 16.5. The van der Waals surface area contributed by atoms with E-state index in [2.05, 4.69) is 36.3 Å². The largest absolute Gasteiger partial charge is 0.497 e. The molecular formula is C26H31N3O3. The normalized spacial score (nSPS) is 15.1. The number of aryl methyl sites for hydroxylation is 1. The van der Waals surface area contributed by atoms with Gasteiger partial charge in [0, 0.05) is 62.5 Å². The number of aromatic amines is 1. The molecule has 0 spiro atoms. The third-order valence-corrected chi connectivity index (χ3v) is 6.56. The molecule has 1 aliphatic heterocycles. The number of rotatable bonds is 6. The molecule has 32 heavy (non-hydrogen) atoms. The van der Waals surface area contributed by atoms with Crippen molar-refractivity contribution in [1.82, 2.24) is 14.8 Å².